The van der Waals surface area contributed by atoms with Crippen LogP contribution in [0.5, 0.6) is 11.5 Å². The normalized spacial score (nSPS) is 14.2. The molecule has 0 N–H and O–H groups in total. The van der Waals surface area contributed by atoms with Crippen molar-refractivity contribution in [3.8, 4) is 11.5 Å². The number of halogens is 1. The van der Waals surface area contributed by atoms with Gasteiger partial charge in [-0.15, -0.1) is 0 Å². The van der Waals surface area contributed by atoms with Crippen molar-refractivity contribution in [3.63, 3.8) is 0 Å². The molecule has 0 radical (unpaired) electrons. The van der Waals surface area contributed by atoms with Crippen LogP contribution in [0.15, 0.2) is 18.6 Å². The third-order valence-electron chi connectivity index (χ3n) is 2.25. The third-order valence-corrected chi connectivity index (χ3v) is 2.25. The third kappa shape index (κ3) is 1.20. The lowest BCUT2D eigenvalue weighted by Gasteiger charge is -2.19. The molecule has 4 nitrogen and oxygen atoms in total. The molecule has 76 valence electrons. The van der Waals surface area contributed by atoms with Crippen LogP contribution in [-0.2, 0) is 0 Å². The van der Waals surface area contributed by atoms with Crippen LogP contribution in [0.1, 0.15) is 0 Å². The lowest BCUT2D eigenvalue weighted by molar-refractivity contribution is 0.165. The minimum Gasteiger partial charge on any atom is -0.486 e. The molecular formula is C10H7FN2O2. The van der Waals surface area contributed by atoms with Gasteiger partial charge in [0.1, 0.15) is 25.1 Å². The Labute approximate surface area is 84.7 Å². The Morgan fingerprint density at radius 1 is 1.27 bits per heavy atom. The fraction of sp³-hybridized carbons (Fsp3) is 0.200. The van der Waals surface area contributed by atoms with Gasteiger partial charge >= 0.3 is 0 Å². The molecule has 0 saturated heterocycles. The predicted molar refractivity (Wildman–Crippen MR) is 50.5 cm³/mol. The molecule has 2 heterocycles. The highest BCUT2D eigenvalue weighted by Gasteiger charge is 2.20. The van der Waals surface area contributed by atoms with Gasteiger partial charge < -0.3 is 9.47 Å². The summed E-state index contributed by atoms with van der Waals surface area (Å²) >= 11 is 0. The molecule has 0 unspecified atom stereocenters. The average Bonchev–Trinajstić information content (AvgIpc) is 2.30. The van der Waals surface area contributed by atoms with E-state index < -0.39 is 5.82 Å². The monoisotopic (exact) mass is 206 g/mol. The maximum atomic E-state index is 13.9. The highest BCUT2D eigenvalue weighted by molar-refractivity contribution is 5.82. The van der Waals surface area contributed by atoms with Gasteiger partial charge in [-0.05, 0) is 6.07 Å². The van der Waals surface area contributed by atoms with E-state index in [9.17, 15) is 4.39 Å². The number of ether oxygens (including phenoxy) is 2. The predicted octanol–water partition coefficient (Wildman–Crippen LogP) is 1.54. The van der Waals surface area contributed by atoms with Crippen LogP contribution in [0, 0.1) is 5.82 Å². The lowest BCUT2D eigenvalue weighted by atomic mass is 10.2. The first-order valence-electron chi connectivity index (χ1n) is 4.54. The molecule has 2 aromatic rings. The van der Waals surface area contributed by atoms with Gasteiger partial charge in [-0.2, -0.15) is 0 Å². The number of hydrogen-bond acceptors (Lipinski definition) is 4. The van der Waals surface area contributed by atoms with Gasteiger partial charge in [-0.1, -0.05) is 0 Å². The van der Waals surface area contributed by atoms with Crippen molar-refractivity contribution in [1.82, 2.24) is 9.97 Å². The van der Waals surface area contributed by atoms with E-state index in [4.69, 9.17) is 9.47 Å². The molecule has 0 fully saturated rings. The van der Waals surface area contributed by atoms with E-state index >= 15 is 0 Å². The van der Waals surface area contributed by atoms with Crippen LogP contribution in [0.4, 0.5) is 4.39 Å². The molecule has 0 saturated carbocycles. The quantitative estimate of drug-likeness (QED) is 0.655. The average molecular weight is 206 g/mol. The summed E-state index contributed by atoms with van der Waals surface area (Å²) in [4.78, 5) is 7.70. The Morgan fingerprint density at radius 2 is 2.13 bits per heavy atom. The van der Waals surface area contributed by atoms with Gasteiger partial charge in [0.25, 0.3) is 0 Å². The summed E-state index contributed by atoms with van der Waals surface area (Å²) in [7, 11) is 0. The van der Waals surface area contributed by atoms with Gasteiger partial charge in [0.05, 0.1) is 0 Å². The van der Waals surface area contributed by atoms with Crippen molar-refractivity contribution in [1.29, 1.82) is 0 Å². The summed E-state index contributed by atoms with van der Waals surface area (Å²) in [6.45, 7) is 0.798. The van der Waals surface area contributed by atoms with Crippen molar-refractivity contribution >= 4 is 10.9 Å². The SMILES string of the molecule is Fc1c2c(cc3cncnc13)OCCO2. The second-order valence-corrected chi connectivity index (χ2v) is 3.18. The van der Waals surface area contributed by atoms with E-state index in [0.717, 1.165) is 0 Å². The standard InChI is InChI=1S/C10H7FN2O2/c11-8-9-6(4-12-5-13-9)3-7-10(8)15-2-1-14-7/h3-5H,1-2H2. The highest BCUT2D eigenvalue weighted by Crippen LogP contribution is 2.36. The summed E-state index contributed by atoms with van der Waals surface area (Å²) in [6.07, 6.45) is 2.85. The summed E-state index contributed by atoms with van der Waals surface area (Å²) in [5, 5.41) is 0.610. The summed E-state index contributed by atoms with van der Waals surface area (Å²) in [5.41, 5.74) is 0.259. The fourth-order valence-electron chi connectivity index (χ4n) is 1.59. The lowest BCUT2D eigenvalue weighted by Crippen LogP contribution is -2.16. The second kappa shape index (κ2) is 3.05. The van der Waals surface area contributed by atoms with Crippen molar-refractivity contribution in [3.05, 3.63) is 24.4 Å². The van der Waals surface area contributed by atoms with Gasteiger partial charge in [0, 0.05) is 11.6 Å². The highest BCUT2D eigenvalue weighted by atomic mass is 19.1. The molecule has 1 aliphatic heterocycles. The molecule has 15 heavy (non-hydrogen) atoms. The number of fused-ring (bicyclic) bond motifs is 2. The van der Waals surface area contributed by atoms with E-state index in [-0.39, 0.29) is 11.3 Å². The molecular weight excluding hydrogens is 199 g/mol. The first-order chi connectivity index (χ1) is 7.36. The molecule has 1 aromatic carbocycles. The summed E-state index contributed by atoms with van der Waals surface area (Å²) in [6, 6.07) is 1.69. The molecule has 3 rings (SSSR count). The largest absolute Gasteiger partial charge is 0.486 e. The van der Waals surface area contributed by atoms with E-state index in [1.54, 1.807) is 12.3 Å². The van der Waals surface area contributed by atoms with Gasteiger partial charge in [-0.3, -0.25) is 0 Å². The number of aromatic nitrogens is 2. The maximum Gasteiger partial charge on any atom is 0.199 e. The molecule has 0 spiro atoms. The number of nitrogens with zero attached hydrogens (tertiary/aromatic N) is 2. The first kappa shape index (κ1) is 8.40. The van der Waals surface area contributed by atoms with E-state index in [2.05, 4.69) is 9.97 Å². The number of benzene rings is 1. The van der Waals surface area contributed by atoms with E-state index in [1.165, 1.54) is 6.33 Å². The number of rotatable bonds is 0. The molecule has 0 amide bonds. The summed E-state index contributed by atoms with van der Waals surface area (Å²) < 4.78 is 24.3. The Bertz CT molecular complexity index is 530. The molecule has 5 heteroatoms. The first-order valence-corrected chi connectivity index (χ1v) is 4.54. The Morgan fingerprint density at radius 3 is 3.07 bits per heavy atom. The minimum absolute atomic E-state index is 0.146. The van der Waals surface area contributed by atoms with Crippen molar-refractivity contribution in [2.75, 3.05) is 13.2 Å². The van der Waals surface area contributed by atoms with Crippen LogP contribution in [0.2, 0.25) is 0 Å². The van der Waals surface area contributed by atoms with Crippen molar-refractivity contribution in [2.45, 2.75) is 0 Å². The molecule has 1 aromatic heterocycles. The maximum absolute atomic E-state index is 13.9. The Hall–Kier alpha value is -1.91. The van der Waals surface area contributed by atoms with Gasteiger partial charge in [0.2, 0.25) is 0 Å². The molecule has 0 atom stereocenters. The zero-order valence-corrected chi connectivity index (χ0v) is 7.74. The van der Waals surface area contributed by atoms with Crippen LogP contribution < -0.4 is 9.47 Å². The summed E-state index contributed by atoms with van der Waals surface area (Å²) in [5.74, 6) is 0.0816. The van der Waals surface area contributed by atoms with Crippen LogP contribution in [0.25, 0.3) is 10.9 Å². The second-order valence-electron chi connectivity index (χ2n) is 3.18. The van der Waals surface area contributed by atoms with Crippen LogP contribution in [-0.4, -0.2) is 23.2 Å². The topological polar surface area (TPSA) is 44.2 Å². The molecule has 0 aliphatic carbocycles. The van der Waals surface area contributed by atoms with Crippen molar-refractivity contribution < 1.29 is 13.9 Å². The van der Waals surface area contributed by atoms with E-state index in [1.807, 2.05) is 0 Å². The van der Waals surface area contributed by atoms with E-state index in [0.29, 0.717) is 24.3 Å². The molecule has 0 bridgehead atoms. The molecule has 1 aliphatic rings. The van der Waals surface area contributed by atoms with Gasteiger partial charge in [0.15, 0.2) is 17.3 Å². The Kier molecular flexibility index (Phi) is 1.71. The minimum atomic E-state index is -0.482. The fourth-order valence-corrected chi connectivity index (χ4v) is 1.59. The van der Waals surface area contributed by atoms with Crippen LogP contribution >= 0.6 is 0 Å². The van der Waals surface area contributed by atoms with Gasteiger partial charge in [-0.25, -0.2) is 14.4 Å². The zero-order valence-electron chi connectivity index (χ0n) is 7.74. The smallest absolute Gasteiger partial charge is 0.199 e. The van der Waals surface area contributed by atoms with Crippen LogP contribution in [0.3, 0.4) is 0 Å². The number of hydrogen-bond donors (Lipinski definition) is 0. The van der Waals surface area contributed by atoms with Crippen molar-refractivity contribution in [2.24, 2.45) is 0 Å². The zero-order chi connectivity index (χ0) is 10.3. The Balaban J connectivity index is 2.36.